The minimum Gasteiger partial charge on any atom is -0.365 e. The van der Waals surface area contributed by atoms with E-state index >= 15 is 0 Å². The Labute approximate surface area is 137 Å². The lowest BCUT2D eigenvalue weighted by atomic mass is 10.2. The van der Waals surface area contributed by atoms with Crippen LogP contribution in [0.5, 0.6) is 0 Å². The Kier molecular flexibility index (Phi) is 5.09. The number of aromatic nitrogens is 2. The Morgan fingerprint density at radius 2 is 2.25 bits per heavy atom. The van der Waals surface area contributed by atoms with Gasteiger partial charge in [-0.3, -0.25) is 9.48 Å². The number of aryl methyl sites for hydroxylation is 2. The summed E-state index contributed by atoms with van der Waals surface area (Å²) >= 11 is 0. The molecule has 0 spiro atoms. The van der Waals surface area contributed by atoms with Gasteiger partial charge in [-0.15, -0.1) is 0 Å². The van der Waals surface area contributed by atoms with Crippen molar-refractivity contribution in [2.24, 2.45) is 0 Å². The number of hydrogen-bond acceptors (Lipinski definition) is 4. The molecule has 1 aromatic heterocycles. The van der Waals surface area contributed by atoms with E-state index in [2.05, 4.69) is 10.4 Å². The third-order valence-corrected chi connectivity index (χ3v) is 4.32. The highest BCUT2D eigenvalue weighted by Gasteiger charge is 2.44. The molecule has 24 heavy (non-hydrogen) atoms. The molecular formula is C15H21F3N4O2. The summed E-state index contributed by atoms with van der Waals surface area (Å²) in [5.74, 6) is -0.283. The summed E-state index contributed by atoms with van der Waals surface area (Å²) in [6.45, 7) is 2.24. The molecule has 6 nitrogen and oxygen atoms in total. The van der Waals surface area contributed by atoms with Crippen molar-refractivity contribution in [2.45, 2.75) is 44.6 Å². The summed E-state index contributed by atoms with van der Waals surface area (Å²) < 4.78 is 44.8. The second-order valence-corrected chi connectivity index (χ2v) is 6.12. The Hall–Kier alpha value is -1.61. The molecule has 1 N–H and O–H groups in total. The lowest BCUT2D eigenvalue weighted by molar-refractivity contribution is -0.236. The molecule has 1 saturated heterocycles. The lowest BCUT2D eigenvalue weighted by Gasteiger charge is -2.33. The van der Waals surface area contributed by atoms with Gasteiger partial charge in [0.2, 0.25) is 5.91 Å². The molecule has 3 heterocycles. The third kappa shape index (κ3) is 4.07. The van der Waals surface area contributed by atoms with Crippen molar-refractivity contribution in [2.75, 3.05) is 26.2 Å². The van der Waals surface area contributed by atoms with Gasteiger partial charge in [-0.2, -0.15) is 18.3 Å². The number of nitrogens with zero attached hydrogens (tertiary/aromatic N) is 3. The molecular weight excluding hydrogens is 325 g/mol. The molecule has 2 aliphatic rings. The van der Waals surface area contributed by atoms with Gasteiger partial charge in [-0.1, -0.05) is 0 Å². The summed E-state index contributed by atoms with van der Waals surface area (Å²) in [7, 11) is 0. The number of hydrogen-bond donors (Lipinski definition) is 1. The molecule has 0 radical (unpaired) electrons. The van der Waals surface area contributed by atoms with Gasteiger partial charge in [0.1, 0.15) is 0 Å². The Morgan fingerprint density at radius 3 is 3.04 bits per heavy atom. The topological polar surface area (TPSA) is 59.4 Å². The number of fused-ring (bicyclic) bond motifs is 1. The van der Waals surface area contributed by atoms with E-state index in [9.17, 15) is 18.0 Å². The minimum atomic E-state index is -4.44. The summed E-state index contributed by atoms with van der Waals surface area (Å²) in [6.07, 6.45) is -4.72. The van der Waals surface area contributed by atoms with Gasteiger partial charge in [0.25, 0.3) is 0 Å². The van der Waals surface area contributed by atoms with Crippen molar-refractivity contribution in [3.05, 3.63) is 17.5 Å². The van der Waals surface area contributed by atoms with Gasteiger partial charge in [-0.05, 0) is 19.0 Å². The lowest BCUT2D eigenvalue weighted by Crippen LogP contribution is -2.51. The molecule has 1 aromatic rings. The average Bonchev–Trinajstić information content (AvgIpc) is 2.81. The number of rotatable bonds is 3. The molecule has 0 bridgehead atoms. The van der Waals surface area contributed by atoms with E-state index in [1.54, 1.807) is 0 Å². The number of carbonyl (C=O) groups is 1. The molecule has 134 valence electrons. The summed E-state index contributed by atoms with van der Waals surface area (Å²) in [5, 5.41) is 7.78. The fourth-order valence-electron chi connectivity index (χ4n) is 3.01. The van der Waals surface area contributed by atoms with Crippen LogP contribution in [0.15, 0.2) is 6.07 Å². The van der Waals surface area contributed by atoms with Crippen LogP contribution in [0.2, 0.25) is 0 Å². The molecule has 3 rings (SSSR count). The van der Waals surface area contributed by atoms with Crippen molar-refractivity contribution < 1.29 is 22.7 Å². The van der Waals surface area contributed by atoms with Crippen LogP contribution in [0.25, 0.3) is 0 Å². The van der Waals surface area contributed by atoms with Crippen LogP contribution in [-0.4, -0.2) is 59.1 Å². The van der Waals surface area contributed by atoms with Gasteiger partial charge in [0, 0.05) is 32.5 Å². The van der Waals surface area contributed by atoms with Crippen LogP contribution in [0.4, 0.5) is 13.2 Å². The van der Waals surface area contributed by atoms with E-state index in [4.69, 9.17) is 4.74 Å². The number of carbonyl (C=O) groups excluding carboxylic acids is 1. The molecule has 1 fully saturated rings. The van der Waals surface area contributed by atoms with E-state index in [0.717, 1.165) is 37.4 Å². The van der Waals surface area contributed by atoms with Crippen LogP contribution in [0.3, 0.4) is 0 Å². The van der Waals surface area contributed by atoms with Gasteiger partial charge in [0.15, 0.2) is 6.10 Å². The average molecular weight is 346 g/mol. The molecule has 0 aliphatic carbocycles. The van der Waals surface area contributed by atoms with Crippen molar-refractivity contribution in [1.82, 2.24) is 20.0 Å². The SMILES string of the molecule is O=C(CCc1cc2n(n1)CCCNC2)N1CCOC(C(F)(F)F)C1. The van der Waals surface area contributed by atoms with Crippen LogP contribution in [-0.2, 0) is 29.0 Å². The number of amides is 1. The highest BCUT2D eigenvalue weighted by molar-refractivity contribution is 5.76. The molecule has 1 atom stereocenters. The van der Waals surface area contributed by atoms with Crippen molar-refractivity contribution >= 4 is 5.91 Å². The van der Waals surface area contributed by atoms with Crippen molar-refractivity contribution in [3.8, 4) is 0 Å². The largest absolute Gasteiger partial charge is 0.416 e. The summed E-state index contributed by atoms with van der Waals surface area (Å²) in [5.41, 5.74) is 1.89. The van der Waals surface area contributed by atoms with Gasteiger partial charge in [-0.25, -0.2) is 0 Å². The smallest absolute Gasteiger partial charge is 0.365 e. The molecule has 0 saturated carbocycles. The zero-order valence-electron chi connectivity index (χ0n) is 13.3. The first-order valence-electron chi connectivity index (χ1n) is 8.16. The summed E-state index contributed by atoms with van der Waals surface area (Å²) in [6, 6.07) is 1.96. The van der Waals surface area contributed by atoms with Crippen LogP contribution < -0.4 is 5.32 Å². The minimum absolute atomic E-state index is 0.0830. The second-order valence-electron chi connectivity index (χ2n) is 6.12. The van der Waals surface area contributed by atoms with E-state index in [1.165, 1.54) is 4.90 Å². The molecule has 1 amide bonds. The maximum atomic E-state index is 12.7. The van der Waals surface area contributed by atoms with E-state index in [1.807, 2.05) is 10.7 Å². The number of nitrogens with one attached hydrogen (secondary N) is 1. The van der Waals surface area contributed by atoms with Gasteiger partial charge < -0.3 is 15.0 Å². The van der Waals surface area contributed by atoms with Crippen molar-refractivity contribution in [1.29, 1.82) is 0 Å². The van der Waals surface area contributed by atoms with Gasteiger partial charge in [0.05, 0.1) is 24.5 Å². The van der Waals surface area contributed by atoms with Crippen LogP contribution in [0.1, 0.15) is 24.2 Å². The zero-order valence-corrected chi connectivity index (χ0v) is 13.3. The molecule has 9 heteroatoms. The van der Waals surface area contributed by atoms with E-state index < -0.39 is 18.8 Å². The van der Waals surface area contributed by atoms with E-state index in [0.29, 0.717) is 6.42 Å². The quantitative estimate of drug-likeness (QED) is 0.890. The van der Waals surface area contributed by atoms with Crippen LogP contribution in [0, 0.1) is 0 Å². The second kappa shape index (κ2) is 7.10. The standard InChI is InChI=1S/C15H21F3N4O2/c16-15(17,18)13-10-21(6-7-24-13)14(23)3-2-11-8-12-9-19-4-1-5-22(12)20-11/h8,13,19H,1-7,9-10H2. The van der Waals surface area contributed by atoms with Gasteiger partial charge >= 0.3 is 6.18 Å². The number of morpholine rings is 1. The Balaban J connectivity index is 1.54. The first kappa shape index (κ1) is 17.2. The summed E-state index contributed by atoms with van der Waals surface area (Å²) in [4.78, 5) is 13.4. The number of ether oxygens (including phenoxy) is 1. The highest BCUT2D eigenvalue weighted by Crippen LogP contribution is 2.26. The molecule has 1 unspecified atom stereocenters. The maximum absolute atomic E-state index is 12.7. The Morgan fingerprint density at radius 1 is 1.42 bits per heavy atom. The first-order valence-corrected chi connectivity index (χ1v) is 8.16. The first-order chi connectivity index (χ1) is 11.4. The number of halogens is 3. The van der Waals surface area contributed by atoms with Crippen molar-refractivity contribution in [3.63, 3.8) is 0 Å². The Bertz CT molecular complexity index is 564. The monoisotopic (exact) mass is 346 g/mol. The highest BCUT2D eigenvalue weighted by atomic mass is 19.4. The fraction of sp³-hybridized carbons (Fsp3) is 0.733. The zero-order chi connectivity index (χ0) is 17.2. The fourth-order valence-corrected chi connectivity index (χ4v) is 3.01. The predicted molar refractivity (Wildman–Crippen MR) is 79.2 cm³/mol. The van der Waals surface area contributed by atoms with Crippen LogP contribution >= 0.6 is 0 Å². The predicted octanol–water partition coefficient (Wildman–Crippen LogP) is 1.10. The molecule has 0 aromatic carbocycles. The third-order valence-electron chi connectivity index (χ3n) is 4.32. The van der Waals surface area contributed by atoms with E-state index in [-0.39, 0.29) is 25.5 Å². The number of alkyl halides is 3. The normalized spacial score (nSPS) is 22.1. The molecule has 2 aliphatic heterocycles. The maximum Gasteiger partial charge on any atom is 0.416 e.